The van der Waals surface area contributed by atoms with Crippen molar-refractivity contribution >= 4 is 23.3 Å². The first-order valence-corrected chi connectivity index (χ1v) is 6.63. The van der Waals surface area contributed by atoms with Gasteiger partial charge in [0.1, 0.15) is 0 Å². The van der Waals surface area contributed by atoms with Crippen LogP contribution in [0.3, 0.4) is 0 Å². The fraction of sp³-hybridized carbons (Fsp3) is 0.286. The smallest absolute Gasteiger partial charge is 0.209 e. The van der Waals surface area contributed by atoms with Crippen molar-refractivity contribution in [2.75, 3.05) is 14.1 Å². The number of aliphatic imine (C=N–C) groups is 2. The van der Waals surface area contributed by atoms with E-state index < -0.39 is 0 Å². The van der Waals surface area contributed by atoms with Crippen LogP contribution in [-0.2, 0) is 0 Å². The molecular formula is C14H22N8. The molecule has 0 heterocycles. The minimum Gasteiger partial charge on any atom is -0.369 e. The van der Waals surface area contributed by atoms with Crippen molar-refractivity contribution in [3.8, 4) is 0 Å². The van der Waals surface area contributed by atoms with Crippen molar-refractivity contribution in [3.63, 3.8) is 0 Å². The highest BCUT2D eigenvalue weighted by Crippen LogP contribution is 2.07. The van der Waals surface area contributed by atoms with Crippen molar-refractivity contribution in [1.29, 1.82) is 0 Å². The number of nitrogens with two attached hydrogens (primary N) is 2. The second-order valence-electron chi connectivity index (χ2n) is 4.41. The minimum atomic E-state index is 0.264. The predicted molar refractivity (Wildman–Crippen MR) is 92.2 cm³/mol. The number of hydrogen-bond donors (Lipinski definition) is 4. The lowest BCUT2D eigenvalue weighted by Crippen LogP contribution is -2.28. The van der Waals surface area contributed by atoms with Gasteiger partial charge in [-0.15, -0.1) is 0 Å². The summed E-state index contributed by atoms with van der Waals surface area (Å²) in [5, 5.41) is 8.29. The van der Waals surface area contributed by atoms with Gasteiger partial charge in [-0.1, -0.05) is 24.3 Å². The molecular weight excluding hydrogens is 280 g/mol. The van der Waals surface area contributed by atoms with Gasteiger partial charge in [0.05, 0.1) is 11.4 Å². The largest absolute Gasteiger partial charge is 0.369 e. The molecule has 22 heavy (non-hydrogen) atoms. The number of hydrazone groups is 2. The Labute approximate surface area is 130 Å². The van der Waals surface area contributed by atoms with Crippen LogP contribution >= 0.6 is 0 Å². The molecule has 0 amide bonds. The van der Waals surface area contributed by atoms with Crippen molar-refractivity contribution in [3.05, 3.63) is 35.4 Å². The first-order valence-electron chi connectivity index (χ1n) is 6.63. The van der Waals surface area contributed by atoms with Gasteiger partial charge in [0.25, 0.3) is 0 Å². The highest BCUT2D eigenvalue weighted by Gasteiger charge is 2.01. The molecule has 8 heteroatoms. The van der Waals surface area contributed by atoms with Crippen LogP contribution in [0.5, 0.6) is 0 Å². The fourth-order valence-corrected chi connectivity index (χ4v) is 1.46. The minimum absolute atomic E-state index is 0.264. The molecule has 0 saturated heterocycles. The van der Waals surface area contributed by atoms with E-state index in [1.807, 2.05) is 38.1 Å². The van der Waals surface area contributed by atoms with E-state index >= 15 is 0 Å². The Bertz CT molecular complexity index is 555. The lowest BCUT2D eigenvalue weighted by Gasteiger charge is -2.05. The molecule has 0 saturated carbocycles. The first kappa shape index (κ1) is 17.2. The van der Waals surface area contributed by atoms with Crippen LogP contribution in [0.4, 0.5) is 0 Å². The summed E-state index contributed by atoms with van der Waals surface area (Å²) in [5.74, 6) is 0.528. The van der Waals surface area contributed by atoms with Gasteiger partial charge >= 0.3 is 0 Å². The maximum atomic E-state index is 5.52. The van der Waals surface area contributed by atoms with E-state index in [9.17, 15) is 0 Å². The third-order valence-corrected chi connectivity index (χ3v) is 2.88. The maximum Gasteiger partial charge on any atom is 0.209 e. The molecule has 0 spiro atoms. The molecule has 1 rings (SSSR count). The highest BCUT2D eigenvalue weighted by molar-refractivity contribution is 6.02. The van der Waals surface area contributed by atoms with Gasteiger partial charge in [0.2, 0.25) is 11.9 Å². The summed E-state index contributed by atoms with van der Waals surface area (Å²) in [6.45, 7) is 3.76. The molecule has 0 aliphatic heterocycles. The molecule has 6 N–H and O–H groups in total. The Kier molecular flexibility index (Phi) is 6.55. The Morgan fingerprint density at radius 2 is 1.09 bits per heavy atom. The summed E-state index contributed by atoms with van der Waals surface area (Å²) >= 11 is 0. The first-order chi connectivity index (χ1) is 10.5. The van der Waals surface area contributed by atoms with Crippen LogP contribution < -0.4 is 22.3 Å². The van der Waals surface area contributed by atoms with Gasteiger partial charge in [-0.05, 0) is 25.0 Å². The zero-order valence-corrected chi connectivity index (χ0v) is 13.3. The van der Waals surface area contributed by atoms with Crippen LogP contribution in [0.25, 0.3) is 0 Å². The Balaban J connectivity index is 2.82. The Morgan fingerprint density at radius 3 is 1.36 bits per heavy atom. The lowest BCUT2D eigenvalue weighted by molar-refractivity contribution is 0.996. The number of nitrogens with one attached hydrogen (secondary N) is 2. The predicted octanol–water partition coefficient (Wildman–Crippen LogP) is 0.203. The summed E-state index contributed by atoms with van der Waals surface area (Å²) in [6, 6.07) is 7.80. The van der Waals surface area contributed by atoms with E-state index in [1.54, 1.807) is 14.1 Å². The van der Waals surface area contributed by atoms with Crippen LogP contribution in [0.1, 0.15) is 25.0 Å². The van der Waals surface area contributed by atoms with E-state index in [0.717, 1.165) is 22.6 Å². The molecule has 0 aliphatic rings. The Morgan fingerprint density at radius 1 is 0.773 bits per heavy atom. The number of nitrogens with zero attached hydrogens (tertiary/aromatic N) is 4. The molecule has 0 atom stereocenters. The van der Waals surface area contributed by atoms with Crippen molar-refractivity contribution in [2.24, 2.45) is 31.7 Å². The molecule has 0 radical (unpaired) electrons. The fourth-order valence-electron chi connectivity index (χ4n) is 1.46. The van der Waals surface area contributed by atoms with E-state index in [-0.39, 0.29) is 11.9 Å². The standard InChI is InChI=1S/C14H22N8/c1-9(19-21-13(15)17-3)11-5-7-12(8-6-11)10(2)20-22-14(16)18-4/h5-8H,1-4H3,(H3,15,17,21)(H3,16,18,22)/b19-9+,20-10+. The second kappa shape index (κ2) is 8.40. The number of rotatable bonds is 4. The van der Waals surface area contributed by atoms with Gasteiger partial charge in [-0.3, -0.25) is 9.98 Å². The summed E-state index contributed by atoms with van der Waals surface area (Å²) in [6.07, 6.45) is 0. The van der Waals surface area contributed by atoms with Gasteiger partial charge in [-0.2, -0.15) is 10.2 Å². The van der Waals surface area contributed by atoms with Crippen molar-refractivity contribution in [1.82, 2.24) is 10.9 Å². The number of guanidine groups is 2. The van der Waals surface area contributed by atoms with Gasteiger partial charge < -0.3 is 11.5 Å². The van der Waals surface area contributed by atoms with E-state index in [2.05, 4.69) is 31.0 Å². The second-order valence-corrected chi connectivity index (χ2v) is 4.41. The van der Waals surface area contributed by atoms with Gasteiger partial charge in [0, 0.05) is 14.1 Å². The molecule has 0 aromatic heterocycles. The lowest BCUT2D eigenvalue weighted by atomic mass is 10.1. The van der Waals surface area contributed by atoms with Gasteiger partial charge in [-0.25, -0.2) is 10.9 Å². The molecule has 0 aliphatic carbocycles. The summed E-state index contributed by atoms with van der Waals surface area (Å²) in [4.78, 5) is 7.53. The maximum absolute atomic E-state index is 5.52. The summed E-state index contributed by atoms with van der Waals surface area (Å²) in [7, 11) is 3.18. The van der Waals surface area contributed by atoms with Gasteiger partial charge in [0.15, 0.2) is 0 Å². The third kappa shape index (κ3) is 5.23. The molecule has 0 unspecified atom stereocenters. The summed E-state index contributed by atoms with van der Waals surface area (Å²) < 4.78 is 0. The average Bonchev–Trinajstić information content (AvgIpc) is 2.56. The van der Waals surface area contributed by atoms with Crippen LogP contribution in [-0.4, -0.2) is 37.4 Å². The average molecular weight is 302 g/mol. The molecule has 1 aromatic carbocycles. The quantitative estimate of drug-likeness (QED) is 0.360. The van der Waals surface area contributed by atoms with Crippen molar-refractivity contribution in [2.45, 2.75) is 13.8 Å². The molecule has 8 nitrogen and oxygen atoms in total. The molecule has 1 aromatic rings. The van der Waals surface area contributed by atoms with Crippen LogP contribution in [0, 0.1) is 0 Å². The van der Waals surface area contributed by atoms with Crippen LogP contribution in [0.15, 0.2) is 44.5 Å². The van der Waals surface area contributed by atoms with E-state index in [0.29, 0.717) is 0 Å². The highest BCUT2D eigenvalue weighted by atomic mass is 15.4. The van der Waals surface area contributed by atoms with Crippen molar-refractivity contribution < 1.29 is 0 Å². The normalized spacial score (nSPS) is 14.0. The zero-order valence-electron chi connectivity index (χ0n) is 13.3. The molecule has 0 bridgehead atoms. The topological polar surface area (TPSA) is 126 Å². The van der Waals surface area contributed by atoms with E-state index in [1.165, 1.54) is 0 Å². The number of hydrogen-bond acceptors (Lipinski definition) is 4. The zero-order chi connectivity index (χ0) is 16.5. The van der Waals surface area contributed by atoms with Crippen LogP contribution in [0.2, 0.25) is 0 Å². The SMILES string of the molecule is CN=C(N)N/N=C(\C)c1ccc(/C(C)=N/NC(N)=NC)cc1. The Hall–Kier alpha value is -2.90. The molecule has 118 valence electrons. The monoisotopic (exact) mass is 302 g/mol. The van der Waals surface area contributed by atoms with E-state index in [4.69, 9.17) is 11.5 Å². The third-order valence-electron chi connectivity index (χ3n) is 2.88. The number of benzene rings is 1. The summed E-state index contributed by atoms with van der Waals surface area (Å²) in [5.41, 5.74) is 19.9. The molecule has 0 fully saturated rings.